The summed E-state index contributed by atoms with van der Waals surface area (Å²) in [6.07, 6.45) is 1.48. The number of carboxylic acid groups (broad SMARTS) is 1. The first-order chi connectivity index (χ1) is 8.13. The number of oxazole rings is 1. The van der Waals surface area contributed by atoms with E-state index in [0.717, 1.165) is 5.56 Å². The van der Waals surface area contributed by atoms with Crippen molar-refractivity contribution in [1.29, 1.82) is 0 Å². The van der Waals surface area contributed by atoms with E-state index in [2.05, 4.69) is 4.98 Å². The number of hydrogen-bond acceptors (Lipinski definition) is 5. The molecule has 0 fully saturated rings. The van der Waals surface area contributed by atoms with Gasteiger partial charge < -0.3 is 18.7 Å². The Morgan fingerprint density at radius 2 is 2.35 bits per heavy atom. The molecule has 0 unspecified atom stereocenters. The molecule has 1 N–H and O–H groups in total. The Bertz CT molecular complexity index is 540. The monoisotopic (exact) mass is 237 g/mol. The highest BCUT2D eigenvalue weighted by molar-refractivity contribution is 5.88. The van der Waals surface area contributed by atoms with E-state index in [1.54, 1.807) is 13.0 Å². The normalized spacial score (nSPS) is 10.5. The van der Waals surface area contributed by atoms with E-state index in [9.17, 15) is 4.79 Å². The van der Waals surface area contributed by atoms with Gasteiger partial charge in [-0.3, -0.25) is 0 Å². The van der Waals surface area contributed by atoms with E-state index in [4.69, 9.17) is 18.7 Å². The van der Waals surface area contributed by atoms with Crippen molar-refractivity contribution in [3.63, 3.8) is 0 Å². The molecule has 0 saturated carbocycles. The lowest BCUT2D eigenvalue weighted by Crippen LogP contribution is -2.01. The first-order valence-corrected chi connectivity index (χ1v) is 5.04. The lowest BCUT2D eigenvalue weighted by molar-refractivity contribution is 0.0683. The number of carboxylic acids is 1. The fraction of sp³-hybridized carbons (Fsp3) is 0.273. The highest BCUT2D eigenvalue weighted by Gasteiger charge is 2.23. The second kappa shape index (κ2) is 4.32. The van der Waals surface area contributed by atoms with Crippen LogP contribution in [0.1, 0.15) is 23.0 Å². The first kappa shape index (κ1) is 11.3. The van der Waals surface area contributed by atoms with E-state index in [0.29, 0.717) is 12.4 Å². The molecule has 0 atom stereocenters. The molecule has 2 aromatic heterocycles. The van der Waals surface area contributed by atoms with Crippen LogP contribution >= 0.6 is 0 Å². The maximum absolute atomic E-state index is 10.9. The van der Waals surface area contributed by atoms with Gasteiger partial charge in [0.1, 0.15) is 0 Å². The molecule has 6 heteroatoms. The van der Waals surface area contributed by atoms with Gasteiger partial charge in [-0.15, -0.1) is 0 Å². The molecule has 0 bridgehead atoms. The van der Waals surface area contributed by atoms with Crippen LogP contribution in [0.2, 0.25) is 0 Å². The second-order valence-corrected chi connectivity index (χ2v) is 3.33. The summed E-state index contributed by atoms with van der Waals surface area (Å²) in [4.78, 5) is 14.8. The molecular formula is C11H11NO5. The van der Waals surface area contributed by atoms with Crippen LogP contribution in [0.4, 0.5) is 0 Å². The Kier molecular flexibility index (Phi) is 2.86. The zero-order chi connectivity index (χ0) is 12.4. The summed E-state index contributed by atoms with van der Waals surface area (Å²) in [6, 6.07) is 1.74. The van der Waals surface area contributed by atoms with E-state index >= 15 is 0 Å². The van der Waals surface area contributed by atoms with Gasteiger partial charge in [-0.2, -0.15) is 4.98 Å². The number of aromatic nitrogens is 1. The van der Waals surface area contributed by atoms with Crippen molar-refractivity contribution in [1.82, 2.24) is 4.98 Å². The predicted molar refractivity (Wildman–Crippen MR) is 57.1 cm³/mol. The van der Waals surface area contributed by atoms with Crippen molar-refractivity contribution in [2.45, 2.75) is 13.8 Å². The van der Waals surface area contributed by atoms with Crippen molar-refractivity contribution >= 4 is 5.97 Å². The topological polar surface area (TPSA) is 85.7 Å². The number of nitrogens with zero attached hydrogens (tertiary/aromatic N) is 1. The summed E-state index contributed by atoms with van der Waals surface area (Å²) in [5, 5.41) is 8.94. The minimum absolute atomic E-state index is 0.105. The summed E-state index contributed by atoms with van der Waals surface area (Å²) in [6.45, 7) is 3.84. The first-order valence-electron chi connectivity index (χ1n) is 5.04. The summed E-state index contributed by atoms with van der Waals surface area (Å²) < 4.78 is 15.5. The molecule has 2 heterocycles. The van der Waals surface area contributed by atoms with Crippen LogP contribution in [0.5, 0.6) is 5.95 Å². The van der Waals surface area contributed by atoms with Gasteiger partial charge >= 0.3 is 11.9 Å². The molecule has 0 aromatic carbocycles. The van der Waals surface area contributed by atoms with Crippen molar-refractivity contribution < 1.29 is 23.5 Å². The van der Waals surface area contributed by atoms with Crippen LogP contribution < -0.4 is 4.74 Å². The third-order valence-electron chi connectivity index (χ3n) is 2.13. The van der Waals surface area contributed by atoms with Gasteiger partial charge in [0.25, 0.3) is 5.89 Å². The Labute approximate surface area is 96.8 Å². The zero-order valence-electron chi connectivity index (χ0n) is 9.39. The van der Waals surface area contributed by atoms with Crippen LogP contribution in [-0.4, -0.2) is 22.7 Å². The van der Waals surface area contributed by atoms with Gasteiger partial charge in [0.15, 0.2) is 5.76 Å². The molecule has 0 saturated heterocycles. The summed E-state index contributed by atoms with van der Waals surface area (Å²) in [7, 11) is 0. The van der Waals surface area contributed by atoms with Crippen LogP contribution in [-0.2, 0) is 0 Å². The third-order valence-corrected chi connectivity index (χ3v) is 2.13. The Morgan fingerprint density at radius 3 is 2.88 bits per heavy atom. The molecule has 90 valence electrons. The van der Waals surface area contributed by atoms with Gasteiger partial charge in [-0.1, -0.05) is 0 Å². The number of furan rings is 1. The fourth-order valence-corrected chi connectivity index (χ4v) is 1.36. The van der Waals surface area contributed by atoms with E-state index in [1.165, 1.54) is 6.26 Å². The van der Waals surface area contributed by atoms with Crippen LogP contribution in [0.3, 0.4) is 0 Å². The van der Waals surface area contributed by atoms with Crippen molar-refractivity contribution in [2.75, 3.05) is 6.61 Å². The van der Waals surface area contributed by atoms with Crippen molar-refractivity contribution in [3.8, 4) is 17.6 Å². The molecule has 2 aromatic rings. The van der Waals surface area contributed by atoms with Crippen molar-refractivity contribution in [2.24, 2.45) is 0 Å². The Hall–Kier alpha value is -2.24. The van der Waals surface area contributed by atoms with Gasteiger partial charge in [-0.05, 0) is 19.9 Å². The molecule has 0 aliphatic carbocycles. The SMILES string of the molecule is CCOc1oc(-c2occc2C)nc1C(=O)O. The van der Waals surface area contributed by atoms with E-state index in [-0.39, 0.29) is 17.5 Å². The van der Waals surface area contributed by atoms with Gasteiger partial charge in [-0.25, -0.2) is 4.79 Å². The minimum Gasteiger partial charge on any atom is -0.476 e. The Morgan fingerprint density at radius 1 is 1.59 bits per heavy atom. The number of hydrogen-bond donors (Lipinski definition) is 1. The number of rotatable bonds is 4. The zero-order valence-corrected chi connectivity index (χ0v) is 9.39. The van der Waals surface area contributed by atoms with E-state index in [1.807, 2.05) is 6.92 Å². The van der Waals surface area contributed by atoms with Crippen LogP contribution in [0.25, 0.3) is 11.7 Å². The number of carbonyl (C=O) groups is 1. The highest BCUT2D eigenvalue weighted by Crippen LogP contribution is 2.29. The highest BCUT2D eigenvalue weighted by atomic mass is 16.6. The minimum atomic E-state index is -1.20. The Balaban J connectivity index is 2.47. The molecule has 0 radical (unpaired) electrons. The average molecular weight is 237 g/mol. The molecule has 6 nitrogen and oxygen atoms in total. The maximum atomic E-state index is 10.9. The number of aromatic carboxylic acids is 1. The average Bonchev–Trinajstić information content (AvgIpc) is 2.84. The van der Waals surface area contributed by atoms with Crippen LogP contribution in [0.15, 0.2) is 21.2 Å². The standard InChI is InChI=1S/C11H11NO5/c1-3-15-11-7(10(13)14)12-9(17-11)8-6(2)4-5-16-8/h4-5H,3H2,1-2H3,(H,13,14). The molecule has 0 amide bonds. The quantitative estimate of drug-likeness (QED) is 0.878. The van der Waals surface area contributed by atoms with E-state index < -0.39 is 5.97 Å². The van der Waals surface area contributed by atoms with Crippen LogP contribution in [0, 0.1) is 6.92 Å². The fourth-order valence-electron chi connectivity index (χ4n) is 1.36. The molecular weight excluding hydrogens is 226 g/mol. The summed E-state index contributed by atoms with van der Waals surface area (Å²) >= 11 is 0. The predicted octanol–water partition coefficient (Wildman–Crippen LogP) is 2.34. The smallest absolute Gasteiger partial charge is 0.362 e. The molecule has 0 spiro atoms. The van der Waals surface area contributed by atoms with Gasteiger partial charge in [0, 0.05) is 5.56 Å². The molecule has 0 aliphatic heterocycles. The number of aryl methyl sites for hydroxylation is 1. The lowest BCUT2D eigenvalue weighted by atomic mass is 10.3. The maximum Gasteiger partial charge on any atom is 0.362 e. The molecule has 17 heavy (non-hydrogen) atoms. The summed E-state index contributed by atoms with van der Waals surface area (Å²) in [5.41, 5.74) is 0.559. The summed E-state index contributed by atoms with van der Waals surface area (Å²) in [5.74, 6) is -0.801. The second-order valence-electron chi connectivity index (χ2n) is 3.33. The molecule has 0 aliphatic rings. The molecule has 2 rings (SSSR count). The van der Waals surface area contributed by atoms with Gasteiger partial charge in [0.2, 0.25) is 5.69 Å². The largest absolute Gasteiger partial charge is 0.476 e. The third kappa shape index (κ3) is 2.01. The van der Waals surface area contributed by atoms with Crippen molar-refractivity contribution in [3.05, 3.63) is 23.6 Å². The lowest BCUT2D eigenvalue weighted by Gasteiger charge is -1.96. The number of ether oxygens (including phenoxy) is 1. The van der Waals surface area contributed by atoms with Gasteiger partial charge in [0.05, 0.1) is 12.9 Å².